The molecule has 1 amide bonds. The third kappa shape index (κ3) is 5.31. The number of nitrogens with one attached hydrogen (secondary N) is 1. The van der Waals surface area contributed by atoms with Crippen LogP contribution in [0, 0.1) is 34.5 Å². The highest BCUT2D eigenvalue weighted by Crippen LogP contribution is 2.72. The molecular formula is C38H36N2O7S. The second-order valence-corrected chi connectivity index (χ2v) is 15.1. The van der Waals surface area contributed by atoms with Gasteiger partial charge in [-0.15, -0.1) is 0 Å². The van der Waals surface area contributed by atoms with Crippen LogP contribution >= 0.6 is 11.8 Å². The summed E-state index contributed by atoms with van der Waals surface area (Å²) in [5.41, 5.74) is 5.91. The number of hydrogen-bond acceptors (Lipinski definition) is 8. The Labute approximate surface area is 282 Å². The summed E-state index contributed by atoms with van der Waals surface area (Å²) in [6, 6.07) is 17.3. The van der Waals surface area contributed by atoms with Crippen molar-refractivity contribution >= 4 is 40.8 Å². The van der Waals surface area contributed by atoms with Gasteiger partial charge in [0.1, 0.15) is 17.0 Å². The number of benzene rings is 3. The maximum Gasteiger partial charge on any atom is 0.339 e. The number of carboxylic acid groups (broad SMARTS) is 1. The topological polar surface area (TPSA) is 159 Å². The zero-order valence-corrected chi connectivity index (χ0v) is 27.4. The van der Waals surface area contributed by atoms with Gasteiger partial charge in [0.15, 0.2) is 11.5 Å². The maximum atomic E-state index is 14.6. The van der Waals surface area contributed by atoms with Gasteiger partial charge < -0.3 is 31.1 Å². The zero-order valence-electron chi connectivity index (χ0n) is 26.6. The predicted octanol–water partition coefficient (Wildman–Crippen LogP) is 6.34. The number of carbonyl (C=O) groups excluding carboxylic acids is 2. The number of hydrogen-bond donors (Lipinski definition) is 5. The quantitative estimate of drug-likeness (QED) is 0.110. The van der Waals surface area contributed by atoms with E-state index in [0.29, 0.717) is 16.5 Å². The van der Waals surface area contributed by atoms with E-state index in [1.807, 2.05) is 55.5 Å². The first kappa shape index (κ1) is 31.9. The third-order valence-corrected chi connectivity index (χ3v) is 11.8. The Morgan fingerprint density at radius 2 is 1.79 bits per heavy atom. The van der Waals surface area contributed by atoms with Crippen LogP contribution in [0.2, 0.25) is 0 Å². The van der Waals surface area contributed by atoms with Gasteiger partial charge in [0.2, 0.25) is 5.91 Å². The number of carboxylic acids is 1. The average Bonchev–Trinajstić information content (AvgIpc) is 3.40. The maximum absolute atomic E-state index is 14.6. The van der Waals surface area contributed by atoms with Crippen molar-refractivity contribution in [2.24, 2.45) is 22.7 Å². The molecule has 3 aliphatic carbocycles. The highest BCUT2D eigenvalue weighted by atomic mass is 32.2. The smallest absolute Gasteiger partial charge is 0.339 e. The SMILES string of the molecule is C[C@]12C[C@@]34C=C(Sc5cccc(C#Cc6cccc(N)c6)c5)C(=O)[C@@](C)(CCC(=O)Nc5c(O)ccc(C(=O)O)c5O)[C@@H]3[C@H](C[C@@H]1C4)O2. The van der Waals surface area contributed by atoms with E-state index in [-0.39, 0.29) is 47.4 Å². The lowest BCUT2D eigenvalue weighted by atomic mass is 9.51. The molecule has 2 heterocycles. The van der Waals surface area contributed by atoms with Gasteiger partial charge in [-0.05, 0) is 92.5 Å². The molecule has 0 radical (unpaired) electrons. The number of nitrogen functional groups attached to an aromatic ring is 1. The number of amides is 1. The minimum Gasteiger partial charge on any atom is -0.506 e. The standard InChI is InChI=1S/C38H36N2O7S/c1-36(14-13-30(42)40-31-27(41)12-11-26(32(31)43)35(45)46)33-28-17-23-18-38(33,20-37(23,2)47-28)19-29(34(36)44)48-25-8-4-6-22(16-25)10-9-21-5-3-7-24(39)15-21/h3-8,11-12,15-16,19,23,28,33,41,43H,13-14,17-18,20,39H2,1-2H3,(H,40,42)(H,45,46)/t23-,28+,33+,36+,37+,38-/m1/s1. The Bertz CT molecular complexity index is 1980. The number of phenols is 2. The normalized spacial score (nSPS) is 29.5. The fourth-order valence-corrected chi connectivity index (χ4v) is 10.0. The minimum absolute atomic E-state index is 0.0479. The largest absolute Gasteiger partial charge is 0.506 e. The second-order valence-electron chi connectivity index (χ2n) is 14.0. The number of phenolic OH excluding ortho intramolecular Hbond substituents is 1. The highest BCUT2D eigenvalue weighted by molar-refractivity contribution is 8.04. The van der Waals surface area contributed by atoms with Crippen LogP contribution in [0.5, 0.6) is 11.5 Å². The van der Waals surface area contributed by atoms with E-state index in [4.69, 9.17) is 10.5 Å². The summed E-state index contributed by atoms with van der Waals surface area (Å²) in [6.45, 7) is 4.12. The average molecular weight is 665 g/mol. The molecule has 3 aromatic rings. The molecule has 6 N–H and O–H groups in total. The van der Waals surface area contributed by atoms with Crippen molar-refractivity contribution in [1.29, 1.82) is 0 Å². The summed E-state index contributed by atoms with van der Waals surface area (Å²) >= 11 is 1.42. The summed E-state index contributed by atoms with van der Waals surface area (Å²) in [7, 11) is 0. The molecule has 9 nitrogen and oxygen atoms in total. The van der Waals surface area contributed by atoms with Crippen LogP contribution in [0.1, 0.15) is 67.4 Å². The van der Waals surface area contributed by atoms with Crippen molar-refractivity contribution in [3.63, 3.8) is 0 Å². The first-order valence-corrected chi connectivity index (χ1v) is 16.8. The summed E-state index contributed by atoms with van der Waals surface area (Å²) in [5, 5.41) is 32.6. The molecule has 3 aromatic carbocycles. The molecule has 4 fully saturated rings. The first-order valence-electron chi connectivity index (χ1n) is 16.0. The number of ether oxygens (including phenoxy) is 1. The van der Waals surface area contributed by atoms with Crippen LogP contribution in [-0.4, -0.2) is 44.7 Å². The van der Waals surface area contributed by atoms with Gasteiger partial charge in [-0.2, -0.15) is 0 Å². The molecular weight excluding hydrogens is 628 g/mol. The molecule has 48 heavy (non-hydrogen) atoms. The Balaban J connectivity index is 1.17. The van der Waals surface area contributed by atoms with Gasteiger partial charge in [-0.25, -0.2) is 4.79 Å². The zero-order chi connectivity index (χ0) is 34.0. The molecule has 246 valence electrons. The van der Waals surface area contributed by atoms with Gasteiger partial charge in [-0.1, -0.05) is 48.7 Å². The number of allylic oxidation sites excluding steroid dienone is 2. The van der Waals surface area contributed by atoms with Crippen molar-refractivity contribution in [2.75, 3.05) is 11.1 Å². The summed E-state index contributed by atoms with van der Waals surface area (Å²) in [5.74, 6) is 3.44. The van der Waals surface area contributed by atoms with E-state index in [1.165, 1.54) is 11.8 Å². The second kappa shape index (κ2) is 11.5. The van der Waals surface area contributed by atoms with Crippen LogP contribution in [0.25, 0.3) is 0 Å². The molecule has 10 heteroatoms. The van der Waals surface area contributed by atoms with Gasteiger partial charge in [0.25, 0.3) is 0 Å². The molecule has 1 spiro atoms. The van der Waals surface area contributed by atoms with E-state index < -0.39 is 34.4 Å². The number of ketones is 1. The number of anilines is 2. The number of Topliss-reactive ketones (excluding diaryl/α,β-unsaturated/α-hetero) is 1. The number of aromatic hydroxyl groups is 2. The lowest BCUT2D eigenvalue weighted by Gasteiger charge is -2.56. The number of nitrogens with two attached hydrogens (primary N) is 1. The van der Waals surface area contributed by atoms with E-state index >= 15 is 0 Å². The molecule has 5 aliphatic rings. The lowest BCUT2D eigenvalue weighted by molar-refractivity contribution is -0.169. The van der Waals surface area contributed by atoms with Crippen LogP contribution in [0.4, 0.5) is 11.4 Å². The third-order valence-electron chi connectivity index (χ3n) is 10.8. The number of rotatable bonds is 7. The van der Waals surface area contributed by atoms with E-state index in [9.17, 15) is 29.7 Å². The monoisotopic (exact) mass is 664 g/mol. The van der Waals surface area contributed by atoms with Gasteiger partial charge >= 0.3 is 5.97 Å². The van der Waals surface area contributed by atoms with Crippen molar-refractivity contribution in [3.05, 3.63) is 88.3 Å². The van der Waals surface area contributed by atoms with Crippen molar-refractivity contribution in [2.45, 2.75) is 62.6 Å². The summed E-state index contributed by atoms with van der Waals surface area (Å²) < 4.78 is 6.62. The van der Waals surface area contributed by atoms with E-state index in [1.54, 1.807) is 0 Å². The predicted molar refractivity (Wildman–Crippen MR) is 181 cm³/mol. The van der Waals surface area contributed by atoms with Gasteiger partial charge in [0, 0.05) is 39.5 Å². The van der Waals surface area contributed by atoms with Crippen LogP contribution in [0.15, 0.2) is 76.5 Å². The lowest BCUT2D eigenvalue weighted by Crippen LogP contribution is -2.57. The number of aromatic carboxylic acids is 1. The van der Waals surface area contributed by atoms with Crippen LogP contribution in [0.3, 0.4) is 0 Å². The molecule has 2 saturated carbocycles. The molecule has 6 atom stereocenters. The molecule has 2 aliphatic heterocycles. The molecule has 2 saturated heterocycles. The number of carbonyl (C=O) groups is 3. The number of thioether (sulfide) groups is 1. The Hall–Kier alpha value is -4.72. The first-order chi connectivity index (χ1) is 22.8. The van der Waals surface area contributed by atoms with E-state index in [0.717, 1.165) is 47.4 Å². The highest BCUT2D eigenvalue weighted by Gasteiger charge is 2.72. The molecule has 0 unspecified atom stereocenters. The van der Waals surface area contributed by atoms with E-state index in [2.05, 4.69) is 30.2 Å². The van der Waals surface area contributed by atoms with Crippen molar-refractivity contribution < 1.29 is 34.4 Å². The fraction of sp³-hybridized carbons (Fsp3) is 0.342. The molecule has 8 rings (SSSR count). The Kier molecular flexibility index (Phi) is 7.61. The Morgan fingerprint density at radius 3 is 2.50 bits per heavy atom. The van der Waals surface area contributed by atoms with Crippen LogP contribution in [-0.2, 0) is 14.3 Å². The summed E-state index contributed by atoms with van der Waals surface area (Å²) in [6.07, 6.45) is 4.80. The summed E-state index contributed by atoms with van der Waals surface area (Å²) in [4.78, 5) is 40.9. The van der Waals surface area contributed by atoms with Crippen molar-refractivity contribution in [1.82, 2.24) is 0 Å². The minimum atomic E-state index is -1.40. The Morgan fingerprint density at radius 1 is 1.06 bits per heavy atom. The van der Waals surface area contributed by atoms with Gasteiger partial charge in [-0.3, -0.25) is 9.59 Å². The van der Waals surface area contributed by atoms with Crippen LogP contribution < -0.4 is 11.1 Å². The molecule has 4 bridgehead atoms. The molecule has 0 aromatic heterocycles. The van der Waals surface area contributed by atoms with Gasteiger partial charge in [0.05, 0.1) is 16.6 Å². The fourth-order valence-electron chi connectivity index (χ4n) is 8.82. The van der Waals surface area contributed by atoms with Crippen molar-refractivity contribution in [3.8, 4) is 23.3 Å².